The maximum atomic E-state index is 13.5. The zero-order chi connectivity index (χ0) is 25.7. The fraction of sp³-hybridized carbons (Fsp3) is 0.179. The van der Waals surface area contributed by atoms with E-state index in [1.165, 1.54) is 4.57 Å². The number of fused-ring (bicyclic) bond motifs is 1. The summed E-state index contributed by atoms with van der Waals surface area (Å²) in [5.74, 6) is -1.40. The number of aromatic carboxylic acids is 1. The van der Waals surface area contributed by atoms with Crippen LogP contribution < -0.4 is 10.9 Å². The molecule has 0 bridgehead atoms. The van der Waals surface area contributed by atoms with Crippen LogP contribution in [0.25, 0.3) is 21.9 Å². The number of carboxylic acids is 1. The molecule has 8 heteroatoms. The van der Waals surface area contributed by atoms with Crippen LogP contribution >= 0.6 is 15.9 Å². The van der Waals surface area contributed by atoms with Gasteiger partial charge in [0.25, 0.3) is 11.5 Å². The number of halogens is 1. The van der Waals surface area contributed by atoms with Crippen molar-refractivity contribution in [3.8, 4) is 11.1 Å². The Kier molecular flexibility index (Phi) is 7.97. The maximum absolute atomic E-state index is 13.5. The van der Waals surface area contributed by atoms with E-state index in [0.29, 0.717) is 52.6 Å². The molecule has 36 heavy (non-hydrogen) atoms. The van der Waals surface area contributed by atoms with Crippen LogP contribution in [-0.4, -0.2) is 41.8 Å². The SMILES string of the molecule is COCCCNC(=O)c1ccc(Cn2c(C(=O)O)c(-c3ccccc3)c3cc(Br)ccc3c2=O)cc1. The number of amides is 1. The van der Waals surface area contributed by atoms with Crippen molar-refractivity contribution in [3.63, 3.8) is 0 Å². The van der Waals surface area contributed by atoms with Crippen molar-refractivity contribution in [2.24, 2.45) is 0 Å². The Morgan fingerprint density at radius 3 is 2.39 bits per heavy atom. The molecule has 1 heterocycles. The molecule has 0 unspecified atom stereocenters. The highest BCUT2D eigenvalue weighted by Gasteiger charge is 2.23. The number of methoxy groups -OCH3 is 1. The molecular formula is C28H25BrN2O5. The lowest BCUT2D eigenvalue weighted by molar-refractivity contribution is 0.0685. The summed E-state index contributed by atoms with van der Waals surface area (Å²) in [4.78, 5) is 38.4. The fourth-order valence-corrected chi connectivity index (χ4v) is 4.52. The van der Waals surface area contributed by atoms with Gasteiger partial charge in [-0.1, -0.05) is 58.4 Å². The largest absolute Gasteiger partial charge is 0.477 e. The van der Waals surface area contributed by atoms with Gasteiger partial charge in [-0.15, -0.1) is 0 Å². The van der Waals surface area contributed by atoms with E-state index in [1.807, 2.05) is 30.3 Å². The fourth-order valence-electron chi connectivity index (χ4n) is 4.15. The van der Waals surface area contributed by atoms with Crippen molar-refractivity contribution in [2.75, 3.05) is 20.3 Å². The molecule has 0 aliphatic carbocycles. The number of rotatable bonds is 9. The molecule has 0 aliphatic heterocycles. The van der Waals surface area contributed by atoms with E-state index >= 15 is 0 Å². The first kappa shape index (κ1) is 25.3. The minimum Gasteiger partial charge on any atom is -0.477 e. The number of nitrogens with one attached hydrogen (secondary N) is 1. The predicted octanol–water partition coefficient (Wildman–Crippen LogP) is 4.94. The summed E-state index contributed by atoms with van der Waals surface area (Å²) in [7, 11) is 1.61. The zero-order valence-electron chi connectivity index (χ0n) is 19.7. The number of carboxylic acid groups (broad SMARTS) is 1. The molecule has 4 rings (SSSR count). The average Bonchev–Trinajstić information content (AvgIpc) is 2.88. The van der Waals surface area contributed by atoms with Gasteiger partial charge in [0.1, 0.15) is 5.69 Å². The van der Waals surface area contributed by atoms with Gasteiger partial charge in [-0.05, 0) is 53.3 Å². The Bertz CT molecular complexity index is 1460. The third-order valence-corrected chi connectivity index (χ3v) is 6.36. The molecule has 0 saturated heterocycles. The highest BCUT2D eigenvalue weighted by molar-refractivity contribution is 9.10. The Morgan fingerprint density at radius 1 is 1.00 bits per heavy atom. The second-order valence-electron chi connectivity index (χ2n) is 8.28. The van der Waals surface area contributed by atoms with Crippen LogP contribution in [0.4, 0.5) is 0 Å². The number of carbonyl (C=O) groups excluding carboxylic acids is 1. The zero-order valence-corrected chi connectivity index (χ0v) is 21.2. The van der Waals surface area contributed by atoms with Gasteiger partial charge in [-0.2, -0.15) is 0 Å². The number of carbonyl (C=O) groups is 2. The summed E-state index contributed by atoms with van der Waals surface area (Å²) in [5, 5.41) is 14.1. The Morgan fingerprint density at radius 2 is 1.72 bits per heavy atom. The van der Waals surface area contributed by atoms with Crippen LogP contribution in [0.3, 0.4) is 0 Å². The second kappa shape index (κ2) is 11.3. The third-order valence-electron chi connectivity index (χ3n) is 5.87. The molecule has 2 N–H and O–H groups in total. The second-order valence-corrected chi connectivity index (χ2v) is 9.19. The van der Waals surface area contributed by atoms with Crippen LogP contribution in [0.2, 0.25) is 0 Å². The summed E-state index contributed by atoms with van der Waals surface area (Å²) >= 11 is 3.44. The first-order valence-electron chi connectivity index (χ1n) is 11.4. The predicted molar refractivity (Wildman–Crippen MR) is 143 cm³/mol. The van der Waals surface area contributed by atoms with Gasteiger partial charge < -0.3 is 15.2 Å². The Labute approximate surface area is 216 Å². The van der Waals surface area contributed by atoms with Crippen molar-refractivity contribution in [1.82, 2.24) is 9.88 Å². The molecule has 7 nitrogen and oxygen atoms in total. The number of nitrogens with zero attached hydrogens (tertiary/aromatic N) is 1. The van der Waals surface area contributed by atoms with Crippen LogP contribution in [0.5, 0.6) is 0 Å². The van der Waals surface area contributed by atoms with Gasteiger partial charge in [0, 0.05) is 41.2 Å². The van der Waals surface area contributed by atoms with Gasteiger partial charge in [0.2, 0.25) is 0 Å². The summed E-state index contributed by atoms with van der Waals surface area (Å²) in [6, 6.07) is 21.2. The van der Waals surface area contributed by atoms with Crippen LogP contribution in [-0.2, 0) is 11.3 Å². The van der Waals surface area contributed by atoms with Gasteiger partial charge in [0.15, 0.2) is 0 Å². The van der Waals surface area contributed by atoms with Crippen molar-refractivity contribution in [1.29, 1.82) is 0 Å². The number of benzene rings is 3. The molecule has 0 radical (unpaired) electrons. The normalized spacial score (nSPS) is 10.9. The minimum atomic E-state index is -1.19. The van der Waals surface area contributed by atoms with E-state index in [9.17, 15) is 19.5 Å². The first-order valence-corrected chi connectivity index (χ1v) is 12.2. The monoisotopic (exact) mass is 548 g/mol. The Balaban J connectivity index is 1.77. The highest BCUT2D eigenvalue weighted by atomic mass is 79.9. The number of pyridine rings is 1. The van der Waals surface area contributed by atoms with Crippen molar-refractivity contribution < 1.29 is 19.4 Å². The summed E-state index contributed by atoms with van der Waals surface area (Å²) in [6.45, 7) is 1.11. The molecule has 184 valence electrons. The lowest BCUT2D eigenvalue weighted by atomic mass is 9.96. The summed E-state index contributed by atoms with van der Waals surface area (Å²) < 4.78 is 7.02. The van der Waals surface area contributed by atoms with Gasteiger partial charge in [-0.3, -0.25) is 14.2 Å². The minimum absolute atomic E-state index is 0.0437. The molecule has 1 amide bonds. The molecule has 0 atom stereocenters. The summed E-state index contributed by atoms with van der Waals surface area (Å²) in [6.07, 6.45) is 0.712. The van der Waals surface area contributed by atoms with Crippen molar-refractivity contribution in [2.45, 2.75) is 13.0 Å². The molecular weight excluding hydrogens is 524 g/mol. The molecule has 1 aromatic heterocycles. The van der Waals surface area contributed by atoms with E-state index in [4.69, 9.17) is 4.74 Å². The lowest BCUT2D eigenvalue weighted by Gasteiger charge is -2.18. The van der Waals surface area contributed by atoms with Crippen LogP contribution in [0.1, 0.15) is 32.8 Å². The number of ether oxygens (including phenoxy) is 1. The molecule has 3 aromatic carbocycles. The van der Waals surface area contributed by atoms with Gasteiger partial charge in [-0.25, -0.2) is 4.79 Å². The molecule has 0 fully saturated rings. The highest BCUT2D eigenvalue weighted by Crippen LogP contribution is 2.32. The molecule has 0 aliphatic rings. The molecule has 0 spiro atoms. The van der Waals surface area contributed by atoms with E-state index in [2.05, 4.69) is 21.2 Å². The van der Waals surface area contributed by atoms with Gasteiger partial charge >= 0.3 is 5.97 Å². The molecule has 4 aromatic rings. The maximum Gasteiger partial charge on any atom is 0.353 e. The first-order chi connectivity index (χ1) is 17.4. The average molecular weight is 549 g/mol. The van der Waals surface area contributed by atoms with E-state index in [0.717, 1.165) is 4.47 Å². The van der Waals surface area contributed by atoms with E-state index in [-0.39, 0.29) is 18.1 Å². The Hall–Kier alpha value is -3.75. The molecule has 0 saturated carbocycles. The number of aromatic nitrogens is 1. The van der Waals surface area contributed by atoms with Gasteiger partial charge in [0.05, 0.1) is 6.54 Å². The van der Waals surface area contributed by atoms with Crippen molar-refractivity contribution in [3.05, 3.63) is 104 Å². The smallest absolute Gasteiger partial charge is 0.353 e. The third kappa shape index (κ3) is 5.40. The van der Waals surface area contributed by atoms with Crippen LogP contribution in [0.15, 0.2) is 82.1 Å². The summed E-state index contributed by atoms with van der Waals surface area (Å²) in [5.41, 5.74) is 1.88. The van der Waals surface area contributed by atoms with E-state index < -0.39 is 11.5 Å². The van der Waals surface area contributed by atoms with Crippen LogP contribution in [0, 0.1) is 0 Å². The standard InChI is InChI=1S/C28H25BrN2O5/c1-36-15-5-14-30-26(32)20-10-8-18(9-11-20)17-31-25(28(34)35)24(19-6-3-2-4-7-19)23-16-21(29)12-13-22(23)27(31)33/h2-4,6-13,16H,5,14-15,17H2,1H3,(H,30,32)(H,34,35). The number of hydrogen-bond acceptors (Lipinski definition) is 4. The lowest BCUT2D eigenvalue weighted by Crippen LogP contribution is -2.28. The quantitative estimate of drug-likeness (QED) is 0.288. The van der Waals surface area contributed by atoms with Crippen molar-refractivity contribution >= 4 is 38.6 Å². The topological polar surface area (TPSA) is 97.6 Å². The van der Waals surface area contributed by atoms with E-state index in [1.54, 1.807) is 49.6 Å². The number of hydrogen-bond donors (Lipinski definition) is 2.